The molecule has 4 N–H and O–H groups in total. The van der Waals surface area contributed by atoms with Gasteiger partial charge in [-0.1, -0.05) is 24.3 Å². The molecule has 5 nitrogen and oxygen atoms in total. The molecule has 0 saturated carbocycles. The third-order valence-corrected chi connectivity index (χ3v) is 3.41. The van der Waals surface area contributed by atoms with Gasteiger partial charge in [0.2, 0.25) is 0 Å². The molecule has 120 valence electrons. The van der Waals surface area contributed by atoms with Crippen LogP contribution in [-0.2, 0) is 6.54 Å². The smallest absolute Gasteiger partial charge is 0.134 e. The van der Waals surface area contributed by atoms with E-state index in [4.69, 9.17) is 9.52 Å². The zero-order valence-corrected chi connectivity index (χ0v) is 12.9. The minimum absolute atomic E-state index is 0.162. The van der Waals surface area contributed by atoms with Crippen molar-refractivity contribution in [3.8, 4) is 11.3 Å². The molecule has 1 aromatic carbocycles. The summed E-state index contributed by atoms with van der Waals surface area (Å²) in [4.78, 5) is 0. The van der Waals surface area contributed by atoms with Gasteiger partial charge in [-0.15, -0.1) is 0 Å². The number of rotatable bonds is 9. The predicted octanol–water partition coefficient (Wildman–Crippen LogP) is 1.67. The second-order valence-corrected chi connectivity index (χ2v) is 5.21. The maximum atomic E-state index is 9.51. The van der Waals surface area contributed by atoms with Crippen LogP contribution in [0.2, 0.25) is 0 Å². The highest BCUT2D eigenvalue weighted by Crippen LogP contribution is 2.24. The van der Waals surface area contributed by atoms with E-state index in [0.29, 0.717) is 13.1 Å². The average Bonchev–Trinajstić information content (AvgIpc) is 3.00. The van der Waals surface area contributed by atoms with Crippen molar-refractivity contribution in [3.63, 3.8) is 0 Å². The van der Waals surface area contributed by atoms with Crippen LogP contribution in [0.1, 0.15) is 24.4 Å². The Kier molecular flexibility index (Phi) is 6.61. The highest BCUT2D eigenvalue weighted by atomic mass is 16.3. The van der Waals surface area contributed by atoms with Crippen LogP contribution in [0, 0.1) is 0 Å². The van der Waals surface area contributed by atoms with Crippen LogP contribution in [0.3, 0.4) is 0 Å². The van der Waals surface area contributed by atoms with Gasteiger partial charge in [-0.2, -0.15) is 0 Å². The summed E-state index contributed by atoms with van der Waals surface area (Å²) >= 11 is 0. The molecule has 0 radical (unpaired) electrons. The van der Waals surface area contributed by atoms with E-state index < -0.39 is 6.10 Å². The minimum atomic E-state index is -0.454. The molecular formula is C17H24N2O3. The van der Waals surface area contributed by atoms with E-state index in [9.17, 15) is 5.11 Å². The number of aliphatic hydroxyl groups is 2. The van der Waals surface area contributed by atoms with Gasteiger partial charge in [-0.25, -0.2) is 0 Å². The molecule has 2 rings (SSSR count). The van der Waals surface area contributed by atoms with Crippen LogP contribution < -0.4 is 10.6 Å². The van der Waals surface area contributed by atoms with Crippen LogP contribution in [0.15, 0.2) is 40.8 Å². The van der Waals surface area contributed by atoms with E-state index in [2.05, 4.69) is 10.6 Å². The lowest BCUT2D eigenvalue weighted by atomic mass is 10.1. The van der Waals surface area contributed by atoms with Gasteiger partial charge >= 0.3 is 0 Å². The monoisotopic (exact) mass is 304 g/mol. The number of hydrogen-bond acceptors (Lipinski definition) is 5. The fourth-order valence-electron chi connectivity index (χ4n) is 2.15. The SMILES string of the molecule is C[C@H](O)c1ccc(-c2ccc(CNCCNCCO)o2)cc1. The normalized spacial score (nSPS) is 12.5. The van der Waals surface area contributed by atoms with Crippen molar-refractivity contribution in [2.75, 3.05) is 26.2 Å². The van der Waals surface area contributed by atoms with Gasteiger partial charge in [-0.3, -0.25) is 0 Å². The van der Waals surface area contributed by atoms with Gasteiger partial charge in [0, 0.05) is 25.2 Å². The van der Waals surface area contributed by atoms with Gasteiger partial charge in [-0.05, 0) is 24.6 Å². The lowest BCUT2D eigenvalue weighted by molar-refractivity contribution is 0.199. The topological polar surface area (TPSA) is 77.7 Å². The second-order valence-electron chi connectivity index (χ2n) is 5.21. The van der Waals surface area contributed by atoms with Crippen LogP contribution in [0.4, 0.5) is 0 Å². The molecule has 0 aliphatic heterocycles. The Morgan fingerprint density at radius 3 is 2.41 bits per heavy atom. The van der Waals surface area contributed by atoms with Crippen molar-refractivity contribution in [3.05, 3.63) is 47.7 Å². The van der Waals surface area contributed by atoms with Crippen LogP contribution in [0.25, 0.3) is 11.3 Å². The molecule has 2 aromatic rings. The molecule has 22 heavy (non-hydrogen) atoms. The highest BCUT2D eigenvalue weighted by molar-refractivity contribution is 5.58. The molecule has 0 aliphatic carbocycles. The van der Waals surface area contributed by atoms with E-state index in [1.54, 1.807) is 6.92 Å². The Bertz CT molecular complexity index is 549. The first-order chi connectivity index (χ1) is 10.7. The molecule has 0 saturated heterocycles. The lowest BCUT2D eigenvalue weighted by Gasteiger charge is -2.05. The Labute approximate surface area is 131 Å². The van der Waals surface area contributed by atoms with Gasteiger partial charge in [0.15, 0.2) is 0 Å². The number of hydrogen-bond donors (Lipinski definition) is 4. The summed E-state index contributed by atoms with van der Waals surface area (Å²) in [5.41, 5.74) is 1.90. The molecular weight excluding hydrogens is 280 g/mol. The summed E-state index contributed by atoms with van der Waals surface area (Å²) in [5, 5.41) is 24.5. The van der Waals surface area contributed by atoms with E-state index in [0.717, 1.165) is 35.7 Å². The molecule has 5 heteroatoms. The molecule has 0 aliphatic rings. The third-order valence-electron chi connectivity index (χ3n) is 3.41. The molecule has 0 amide bonds. The Morgan fingerprint density at radius 2 is 1.73 bits per heavy atom. The average molecular weight is 304 g/mol. The van der Waals surface area contributed by atoms with Crippen molar-refractivity contribution < 1.29 is 14.6 Å². The second kappa shape index (κ2) is 8.70. The van der Waals surface area contributed by atoms with Crippen molar-refractivity contribution in [2.24, 2.45) is 0 Å². The van der Waals surface area contributed by atoms with E-state index in [1.165, 1.54) is 0 Å². The van der Waals surface area contributed by atoms with Crippen molar-refractivity contribution in [2.45, 2.75) is 19.6 Å². The molecule has 1 aromatic heterocycles. The standard InChI is InChI=1S/C17H24N2O3/c1-13(21)14-2-4-15(5-3-14)17-7-6-16(22-17)12-19-9-8-18-10-11-20/h2-7,13,18-21H,8-12H2,1H3/t13-/m0/s1. The first-order valence-electron chi connectivity index (χ1n) is 7.60. The molecule has 0 spiro atoms. The van der Waals surface area contributed by atoms with Crippen LogP contribution in [0.5, 0.6) is 0 Å². The summed E-state index contributed by atoms with van der Waals surface area (Å²) in [6.45, 7) is 4.84. The fraction of sp³-hybridized carbons (Fsp3) is 0.412. The molecule has 1 atom stereocenters. The number of nitrogens with one attached hydrogen (secondary N) is 2. The largest absolute Gasteiger partial charge is 0.460 e. The van der Waals surface area contributed by atoms with Gasteiger partial charge < -0.3 is 25.3 Å². The van der Waals surface area contributed by atoms with Gasteiger partial charge in [0.25, 0.3) is 0 Å². The quantitative estimate of drug-likeness (QED) is 0.530. The summed E-state index contributed by atoms with van der Waals surface area (Å²) in [6, 6.07) is 11.7. The lowest BCUT2D eigenvalue weighted by Crippen LogP contribution is -2.28. The van der Waals surface area contributed by atoms with Gasteiger partial charge in [0.05, 0.1) is 19.3 Å². The first-order valence-corrected chi connectivity index (χ1v) is 7.60. The zero-order chi connectivity index (χ0) is 15.8. The first kappa shape index (κ1) is 16.7. The van der Waals surface area contributed by atoms with Crippen LogP contribution in [-0.4, -0.2) is 36.5 Å². The van der Waals surface area contributed by atoms with E-state index in [-0.39, 0.29) is 6.61 Å². The van der Waals surface area contributed by atoms with E-state index >= 15 is 0 Å². The Morgan fingerprint density at radius 1 is 1.00 bits per heavy atom. The summed E-state index contributed by atoms with van der Waals surface area (Å²) in [5.74, 6) is 1.71. The highest BCUT2D eigenvalue weighted by Gasteiger charge is 2.06. The number of furan rings is 1. The Hall–Kier alpha value is -1.66. The maximum Gasteiger partial charge on any atom is 0.134 e. The van der Waals surface area contributed by atoms with Crippen molar-refractivity contribution >= 4 is 0 Å². The minimum Gasteiger partial charge on any atom is -0.460 e. The van der Waals surface area contributed by atoms with E-state index in [1.807, 2.05) is 36.4 Å². The molecule has 0 fully saturated rings. The summed E-state index contributed by atoms with van der Waals surface area (Å²) in [7, 11) is 0. The zero-order valence-electron chi connectivity index (χ0n) is 12.9. The number of aliphatic hydroxyl groups excluding tert-OH is 2. The number of benzene rings is 1. The fourth-order valence-corrected chi connectivity index (χ4v) is 2.15. The van der Waals surface area contributed by atoms with Crippen molar-refractivity contribution in [1.29, 1.82) is 0 Å². The van der Waals surface area contributed by atoms with Gasteiger partial charge in [0.1, 0.15) is 11.5 Å². The van der Waals surface area contributed by atoms with Crippen LogP contribution >= 0.6 is 0 Å². The Balaban J connectivity index is 1.83. The third kappa shape index (κ3) is 4.96. The summed E-state index contributed by atoms with van der Waals surface area (Å²) < 4.78 is 5.81. The predicted molar refractivity (Wildman–Crippen MR) is 86.4 cm³/mol. The summed E-state index contributed by atoms with van der Waals surface area (Å²) in [6.07, 6.45) is -0.454. The molecule has 1 heterocycles. The molecule has 0 unspecified atom stereocenters. The maximum absolute atomic E-state index is 9.51. The van der Waals surface area contributed by atoms with Crippen molar-refractivity contribution in [1.82, 2.24) is 10.6 Å². The molecule has 0 bridgehead atoms.